The van der Waals surface area contributed by atoms with Crippen LogP contribution in [0.25, 0.3) is 10.1 Å². The molecule has 0 radical (unpaired) electrons. The maximum atomic E-state index is 4.19. The number of aryl methyl sites for hydroxylation is 2. The summed E-state index contributed by atoms with van der Waals surface area (Å²) in [5.74, 6) is 0. The van der Waals surface area contributed by atoms with Crippen LogP contribution in [-0.4, -0.2) is 4.37 Å². The summed E-state index contributed by atoms with van der Waals surface area (Å²) >= 11 is 1.58. The lowest BCUT2D eigenvalue weighted by Crippen LogP contribution is -1.85. The molecule has 0 aliphatic carbocycles. The van der Waals surface area contributed by atoms with E-state index in [1.165, 1.54) is 21.2 Å². The average Bonchev–Trinajstić information content (AvgIpc) is 2.52. The molecule has 0 amide bonds. The van der Waals surface area contributed by atoms with Gasteiger partial charge in [-0.2, -0.15) is 4.37 Å². The third-order valence-electron chi connectivity index (χ3n) is 2.24. The summed E-state index contributed by atoms with van der Waals surface area (Å²) in [7, 11) is 0. The Balaban J connectivity index is 2.83. The van der Waals surface area contributed by atoms with Crippen molar-refractivity contribution < 1.29 is 0 Å². The lowest BCUT2D eigenvalue weighted by atomic mass is 10.0. The van der Waals surface area contributed by atoms with Gasteiger partial charge in [0.2, 0.25) is 0 Å². The summed E-state index contributed by atoms with van der Waals surface area (Å²) in [4.78, 5) is 0. The second-order valence-corrected chi connectivity index (χ2v) is 3.79. The predicted octanol–water partition coefficient (Wildman–Crippen LogP) is 3.17. The van der Waals surface area contributed by atoms with Gasteiger partial charge in [-0.15, -0.1) is 0 Å². The lowest BCUT2D eigenvalue weighted by molar-refractivity contribution is 1.13. The van der Waals surface area contributed by atoms with E-state index in [1.807, 2.05) is 6.20 Å². The molecule has 0 saturated heterocycles. The molecule has 0 atom stereocenters. The molecule has 0 aliphatic heterocycles. The number of rotatable bonds is 1. The summed E-state index contributed by atoms with van der Waals surface area (Å²) in [5.41, 5.74) is 2.83. The molecule has 1 aromatic carbocycles. The number of benzene rings is 1. The summed E-state index contributed by atoms with van der Waals surface area (Å²) in [6.45, 7) is 4.36. The first-order valence-corrected chi connectivity index (χ1v) is 4.93. The molecular weight excluding hydrogens is 166 g/mol. The Bertz CT molecular complexity index is 403. The van der Waals surface area contributed by atoms with Crippen molar-refractivity contribution in [3.8, 4) is 0 Å². The van der Waals surface area contributed by atoms with Crippen molar-refractivity contribution in [2.45, 2.75) is 20.3 Å². The summed E-state index contributed by atoms with van der Waals surface area (Å²) in [6, 6.07) is 4.33. The standard InChI is InChI=1S/C10H11NS/c1-3-8-7(2)4-5-10-9(8)6-11-12-10/h4-6H,3H2,1-2H3. The van der Waals surface area contributed by atoms with E-state index in [-0.39, 0.29) is 0 Å². The smallest absolute Gasteiger partial charge is 0.0552 e. The van der Waals surface area contributed by atoms with Crippen molar-refractivity contribution in [2.24, 2.45) is 0 Å². The van der Waals surface area contributed by atoms with Gasteiger partial charge in [-0.1, -0.05) is 13.0 Å². The fraction of sp³-hybridized carbons (Fsp3) is 0.300. The SMILES string of the molecule is CCc1c(C)ccc2sncc12. The van der Waals surface area contributed by atoms with Gasteiger partial charge in [0, 0.05) is 11.6 Å². The molecule has 1 aromatic heterocycles. The Morgan fingerprint density at radius 2 is 2.25 bits per heavy atom. The van der Waals surface area contributed by atoms with E-state index >= 15 is 0 Å². The molecular formula is C10H11NS. The van der Waals surface area contributed by atoms with Crippen LogP contribution in [0.15, 0.2) is 18.3 Å². The second-order valence-electron chi connectivity index (χ2n) is 2.95. The fourth-order valence-electron chi connectivity index (χ4n) is 1.58. The average molecular weight is 177 g/mol. The monoisotopic (exact) mass is 177 g/mol. The number of hydrogen-bond donors (Lipinski definition) is 0. The van der Waals surface area contributed by atoms with Crippen LogP contribution >= 0.6 is 11.5 Å². The van der Waals surface area contributed by atoms with Crippen LogP contribution in [0.3, 0.4) is 0 Å². The van der Waals surface area contributed by atoms with Gasteiger partial charge in [-0.3, -0.25) is 0 Å². The van der Waals surface area contributed by atoms with Crippen molar-refractivity contribution in [3.63, 3.8) is 0 Å². The van der Waals surface area contributed by atoms with Gasteiger partial charge in [0.05, 0.1) is 4.70 Å². The van der Waals surface area contributed by atoms with Gasteiger partial charge in [0.15, 0.2) is 0 Å². The van der Waals surface area contributed by atoms with E-state index in [4.69, 9.17) is 0 Å². The van der Waals surface area contributed by atoms with Crippen molar-refractivity contribution in [3.05, 3.63) is 29.5 Å². The number of nitrogens with zero attached hydrogens (tertiary/aromatic N) is 1. The third-order valence-corrected chi connectivity index (χ3v) is 3.00. The first-order chi connectivity index (χ1) is 5.83. The van der Waals surface area contributed by atoms with Crippen LogP contribution in [0.4, 0.5) is 0 Å². The zero-order valence-corrected chi connectivity index (χ0v) is 8.11. The first-order valence-electron chi connectivity index (χ1n) is 4.15. The molecule has 1 nitrogen and oxygen atoms in total. The highest BCUT2D eigenvalue weighted by Crippen LogP contribution is 2.24. The molecule has 0 aliphatic rings. The zero-order chi connectivity index (χ0) is 8.55. The minimum absolute atomic E-state index is 1.10. The maximum absolute atomic E-state index is 4.19. The normalized spacial score (nSPS) is 10.8. The van der Waals surface area contributed by atoms with Crippen LogP contribution in [0.5, 0.6) is 0 Å². The van der Waals surface area contributed by atoms with Crippen molar-refractivity contribution in [2.75, 3.05) is 0 Å². The van der Waals surface area contributed by atoms with E-state index in [9.17, 15) is 0 Å². The first kappa shape index (κ1) is 7.74. The minimum atomic E-state index is 1.10. The summed E-state index contributed by atoms with van der Waals surface area (Å²) in [5, 5.41) is 1.34. The Morgan fingerprint density at radius 3 is 3.00 bits per heavy atom. The van der Waals surface area contributed by atoms with Crippen LogP contribution < -0.4 is 0 Å². The van der Waals surface area contributed by atoms with E-state index in [0.29, 0.717) is 0 Å². The van der Waals surface area contributed by atoms with Crippen LogP contribution in [0, 0.1) is 6.92 Å². The highest BCUT2D eigenvalue weighted by atomic mass is 32.1. The molecule has 0 spiro atoms. The van der Waals surface area contributed by atoms with E-state index in [2.05, 4.69) is 30.4 Å². The molecule has 0 unspecified atom stereocenters. The van der Waals surface area contributed by atoms with Gasteiger partial charge in [0.1, 0.15) is 0 Å². The van der Waals surface area contributed by atoms with Gasteiger partial charge < -0.3 is 0 Å². The number of fused-ring (bicyclic) bond motifs is 1. The highest BCUT2D eigenvalue weighted by molar-refractivity contribution is 7.13. The number of hydrogen-bond acceptors (Lipinski definition) is 2. The predicted molar refractivity (Wildman–Crippen MR) is 53.7 cm³/mol. The van der Waals surface area contributed by atoms with Crippen molar-refractivity contribution >= 4 is 21.6 Å². The van der Waals surface area contributed by atoms with E-state index in [0.717, 1.165) is 6.42 Å². The Labute approximate surface area is 76.2 Å². The van der Waals surface area contributed by atoms with E-state index in [1.54, 1.807) is 11.5 Å². The number of aromatic nitrogens is 1. The lowest BCUT2D eigenvalue weighted by Gasteiger charge is -2.02. The van der Waals surface area contributed by atoms with Crippen molar-refractivity contribution in [1.29, 1.82) is 0 Å². The van der Waals surface area contributed by atoms with Gasteiger partial charge >= 0.3 is 0 Å². The third kappa shape index (κ3) is 1.03. The summed E-state index contributed by atoms with van der Waals surface area (Å²) in [6.07, 6.45) is 3.08. The molecule has 62 valence electrons. The molecule has 2 aromatic rings. The largest absolute Gasteiger partial charge is 0.200 e. The molecule has 0 fully saturated rings. The van der Waals surface area contributed by atoms with Gasteiger partial charge in [-0.25, -0.2) is 0 Å². The van der Waals surface area contributed by atoms with Crippen LogP contribution in [0.2, 0.25) is 0 Å². The molecule has 12 heavy (non-hydrogen) atoms. The van der Waals surface area contributed by atoms with E-state index < -0.39 is 0 Å². The maximum Gasteiger partial charge on any atom is 0.0552 e. The molecule has 1 heterocycles. The highest BCUT2D eigenvalue weighted by Gasteiger charge is 2.03. The van der Waals surface area contributed by atoms with Crippen molar-refractivity contribution in [1.82, 2.24) is 4.37 Å². The minimum Gasteiger partial charge on any atom is -0.200 e. The molecule has 0 bridgehead atoms. The van der Waals surface area contributed by atoms with Gasteiger partial charge in [0.25, 0.3) is 0 Å². The molecule has 0 N–H and O–H groups in total. The van der Waals surface area contributed by atoms with Crippen LogP contribution in [-0.2, 0) is 6.42 Å². The molecule has 2 rings (SSSR count). The summed E-state index contributed by atoms with van der Waals surface area (Å²) < 4.78 is 5.50. The topological polar surface area (TPSA) is 12.9 Å². The molecule has 0 saturated carbocycles. The Morgan fingerprint density at radius 1 is 1.42 bits per heavy atom. The van der Waals surface area contributed by atoms with Gasteiger partial charge in [-0.05, 0) is 42.1 Å². The molecule has 2 heteroatoms. The van der Waals surface area contributed by atoms with Crippen LogP contribution in [0.1, 0.15) is 18.1 Å². The quantitative estimate of drug-likeness (QED) is 0.652. The second kappa shape index (κ2) is 2.87. The zero-order valence-electron chi connectivity index (χ0n) is 7.29. The Kier molecular flexibility index (Phi) is 1.85. The fourth-order valence-corrected chi connectivity index (χ4v) is 2.25. The Hall–Kier alpha value is -0.890.